The van der Waals surface area contributed by atoms with Crippen molar-refractivity contribution >= 4 is 11.7 Å². The largest absolute Gasteiger partial charge is 0.354 e. The van der Waals surface area contributed by atoms with Crippen LogP contribution in [0.15, 0.2) is 12.1 Å². The number of aryl methyl sites for hydroxylation is 1. The van der Waals surface area contributed by atoms with Gasteiger partial charge in [-0.3, -0.25) is 4.79 Å². The molecule has 0 bridgehead atoms. The van der Waals surface area contributed by atoms with Gasteiger partial charge in [-0.05, 0) is 44.7 Å². The Hall–Kier alpha value is -1.86. The molecule has 3 aliphatic rings. The summed E-state index contributed by atoms with van der Waals surface area (Å²) >= 11 is 0. The van der Waals surface area contributed by atoms with Crippen molar-refractivity contribution in [1.29, 1.82) is 0 Å². The summed E-state index contributed by atoms with van der Waals surface area (Å²) in [6, 6.07) is 3.57. The van der Waals surface area contributed by atoms with Gasteiger partial charge in [0.25, 0.3) is 11.8 Å². The van der Waals surface area contributed by atoms with Gasteiger partial charge in [0.05, 0.1) is 11.1 Å². The third-order valence-corrected chi connectivity index (χ3v) is 6.24. The van der Waals surface area contributed by atoms with Crippen LogP contribution in [-0.4, -0.2) is 58.8 Å². The molecule has 0 aromatic carbocycles. The molecule has 0 unspecified atom stereocenters. The molecular formula is C18H23F3N4O. The summed E-state index contributed by atoms with van der Waals surface area (Å²) in [5.41, 5.74) is -2.43. The Morgan fingerprint density at radius 2 is 1.81 bits per heavy atom. The van der Waals surface area contributed by atoms with Crippen LogP contribution < -0.4 is 4.90 Å². The molecule has 1 aromatic rings. The zero-order chi connectivity index (χ0) is 18.6. The molecule has 1 saturated carbocycles. The van der Waals surface area contributed by atoms with Crippen molar-refractivity contribution in [3.05, 3.63) is 17.8 Å². The Bertz CT molecular complexity index is 707. The first-order valence-corrected chi connectivity index (χ1v) is 9.16. The Balaban J connectivity index is 1.55. The van der Waals surface area contributed by atoms with Crippen LogP contribution in [0.1, 0.15) is 37.8 Å². The maximum atomic E-state index is 14.9. The van der Waals surface area contributed by atoms with Crippen LogP contribution in [0, 0.1) is 12.3 Å². The van der Waals surface area contributed by atoms with E-state index in [1.54, 1.807) is 17.0 Å². The van der Waals surface area contributed by atoms with E-state index in [2.05, 4.69) is 10.2 Å². The van der Waals surface area contributed by atoms with E-state index in [9.17, 15) is 18.0 Å². The molecule has 3 fully saturated rings. The van der Waals surface area contributed by atoms with Crippen LogP contribution in [0.25, 0.3) is 0 Å². The van der Waals surface area contributed by atoms with Crippen LogP contribution in [0.5, 0.6) is 0 Å². The molecule has 4 rings (SSSR count). The molecule has 1 spiro atoms. The van der Waals surface area contributed by atoms with E-state index >= 15 is 0 Å². The molecule has 1 atom stereocenters. The van der Waals surface area contributed by atoms with E-state index in [1.165, 1.54) is 4.90 Å². The van der Waals surface area contributed by atoms with E-state index in [0.717, 1.165) is 5.69 Å². The van der Waals surface area contributed by atoms with Crippen molar-refractivity contribution in [1.82, 2.24) is 15.1 Å². The summed E-state index contributed by atoms with van der Waals surface area (Å²) in [5, 5.41) is 8.09. The van der Waals surface area contributed by atoms with Gasteiger partial charge in [-0.25, -0.2) is 13.2 Å². The molecule has 0 radical (unpaired) electrons. The highest BCUT2D eigenvalue weighted by molar-refractivity contribution is 5.86. The number of alkyl halides is 3. The fourth-order valence-electron chi connectivity index (χ4n) is 4.31. The van der Waals surface area contributed by atoms with E-state index < -0.39 is 29.3 Å². The molecule has 3 heterocycles. The molecule has 5 nitrogen and oxygen atoms in total. The van der Waals surface area contributed by atoms with Gasteiger partial charge in [0.15, 0.2) is 11.5 Å². The third kappa shape index (κ3) is 2.65. The summed E-state index contributed by atoms with van der Waals surface area (Å²) in [7, 11) is 0. The number of piperidine rings is 1. The van der Waals surface area contributed by atoms with E-state index in [0.29, 0.717) is 18.8 Å². The number of rotatable bonds is 2. The van der Waals surface area contributed by atoms with Gasteiger partial charge in [-0.1, -0.05) is 0 Å². The standard InChI is InChI=1S/C18H23F3N4O/c1-13-3-4-14(23-22-13)24-9-7-16(11-24)12-25(10-8-18(16,20)21)15(26)17(19)5-2-6-17/h3-4H,2,5-12H2,1H3/t16-/m0/s1. The molecule has 2 aliphatic heterocycles. The lowest BCUT2D eigenvalue weighted by Crippen LogP contribution is -2.61. The minimum Gasteiger partial charge on any atom is -0.354 e. The first kappa shape index (κ1) is 17.5. The lowest BCUT2D eigenvalue weighted by molar-refractivity contribution is -0.179. The van der Waals surface area contributed by atoms with E-state index in [4.69, 9.17) is 0 Å². The fourth-order valence-corrected chi connectivity index (χ4v) is 4.31. The number of halogens is 3. The Morgan fingerprint density at radius 1 is 1.04 bits per heavy atom. The average Bonchev–Trinajstić information content (AvgIpc) is 3.01. The number of likely N-dealkylation sites (tertiary alicyclic amines) is 1. The molecule has 1 amide bonds. The van der Waals surface area contributed by atoms with Crippen molar-refractivity contribution in [2.45, 2.75) is 50.6 Å². The Labute approximate surface area is 150 Å². The number of aromatic nitrogens is 2. The summed E-state index contributed by atoms with van der Waals surface area (Å²) in [4.78, 5) is 15.6. The van der Waals surface area contributed by atoms with Crippen LogP contribution in [0.4, 0.5) is 19.0 Å². The number of hydrogen-bond donors (Lipinski definition) is 0. The fraction of sp³-hybridized carbons (Fsp3) is 0.722. The number of carbonyl (C=O) groups excluding carboxylic acids is 1. The quantitative estimate of drug-likeness (QED) is 0.806. The van der Waals surface area contributed by atoms with Crippen LogP contribution in [0.2, 0.25) is 0 Å². The normalized spacial score (nSPS) is 29.7. The zero-order valence-electron chi connectivity index (χ0n) is 14.8. The van der Waals surface area contributed by atoms with E-state index in [1.807, 2.05) is 6.92 Å². The van der Waals surface area contributed by atoms with Crippen LogP contribution in [-0.2, 0) is 4.79 Å². The van der Waals surface area contributed by atoms with Crippen molar-refractivity contribution in [2.24, 2.45) is 5.41 Å². The van der Waals surface area contributed by atoms with Gasteiger partial charge >= 0.3 is 0 Å². The first-order valence-electron chi connectivity index (χ1n) is 9.16. The number of amides is 1. The van der Waals surface area contributed by atoms with E-state index in [-0.39, 0.29) is 38.9 Å². The summed E-state index contributed by atoms with van der Waals surface area (Å²) < 4.78 is 44.2. The number of hydrogen-bond acceptors (Lipinski definition) is 4. The predicted molar refractivity (Wildman–Crippen MR) is 89.9 cm³/mol. The predicted octanol–water partition coefficient (Wildman–Crippen LogP) is 2.74. The molecule has 2 saturated heterocycles. The first-order chi connectivity index (χ1) is 12.2. The van der Waals surface area contributed by atoms with Gasteiger partial charge in [0, 0.05) is 32.6 Å². The second kappa shape index (κ2) is 5.82. The van der Waals surface area contributed by atoms with Gasteiger partial charge in [-0.2, -0.15) is 5.10 Å². The Kier molecular flexibility index (Phi) is 3.93. The minimum absolute atomic E-state index is 0.0798. The van der Waals surface area contributed by atoms with Gasteiger partial charge < -0.3 is 9.80 Å². The van der Waals surface area contributed by atoms with Gasteiger partial charge in [-0.15, -0.1) is 5.10 Å². The zero-order valence-corrected chi connectivity index (χ0v) is 14.8. The molecule has 1 aromatic heterocycles. The van der Waals surface area contributed by atoms with Gasteiger partial charge in [0.2, 0.25) is 0 Å². The molecule has 1 aliphatic carbocycles. The third-order valence-electron chi connectivity index (χ3n) is 6.24. The second-order valence-corrected chi connectivity index (χ2v) is 7.98. The maximum Gasteiger partial charge on any atom is 0.260 e. The van der Waals surface area contributed by atoms with Crippen molar-refractivity contribution < 1.29 is 18.0 Å². The molecule has 26 heavy (non-hydrogen) atoms. The Morgan fingerprint density at radius 3 is 2.42 bits per heavy atom. The molecule has 142 valence electrons. The van der Waals surface area contributed by atoms with Gasteiger partial charge in [0.1, 0.15) is 0 Å². The second-order valence-electron chi connectivity index (χ2n) is 7.98. The number of anilines is 1. The highest BCUT2D eigenvalue weighted by Gasteiger charge is 2.61. The lowest BCUT2D eigenvalue weighted by atomic mass is 9.74. The number of carbonyl (C=O) groups is 1. The highest BCUT2D eigenvalue weighted by atomic mass is 19.3. The molecular weight excluding hydrogens is 345 g/mol. The van der Waals surface area contributed by atoms with Crippen molar-refractivity contribution in [3.8, 4) is 0 Å². The minimum atomic E-state index is -2.89. The highest BCUT2D eigenvalue weighted by Crippen LogP contribution is 2.51. The lowest BCUT2D eigenvalue weighted by Gasteiger charge is -2.48. The van der Waals surface area contributed by atoms with Crippen LogP contribution >= 0.6 is 0 Å². The SMILES string of the molecule is Cc1ccc(N2CC[C@@]3(CN(C(=O)C4(F)CCC4)CCC3(F)F)C2)nn1. The monoisotopic (exact) mass is 368 g/mol. The summed E-state index contributed by atoms with van der Waals surface area (Å²) in [5.74, 6) is -2.93. The van der Waals surface area contributed by atoms with Crippen LogP contribution in [0.3, 0.4) is 0 Å². The van der Waals surface area contributed by atoms with Crippen molar-refractivity contribution in [3.63, 3.8) is 0 Å². The smallest absolute Gasteiger partial charge is 0.260 e. The summed E-state index contributed by atoms with van der Waals surface area (Å²) in [6.45, 7) is 2.16. The van der Waals surface area contributed by atoms with Crippen molar-refractivity contribution in [2.75, 3.05) is 31.1 Å². The molecule has 0 N–H and O–H groups in total. The summed E-state index contributed by atoms with van der Waals surface area (Å²) in [6.07, 6.45) is 0.922. The molecule has 8 heteroatoms. The number of nitrogens with zero attached hydrogens (tertiary/aromatic N) is 4. The topological polar surface area (TPSA) is 49.3 Å². The average molecular weight is 368 g/mol. The maximum absolute atomic E-state index is 14.9.